The van der Waals surface area contributed by atoms with Gasteiger partial charge in [0.05, 0.1) is 15.7 Å². The molecule has 1 aliphatic heterocycles. The number of carbonyl (C=O) groups excluding carboxylic acids is 2. The number of carboxylic acids is 1. The molecule has 1 saturated heterocycles. The lowest BCUT2D eigenvalue weighted by molar-refractivity contribution is -0.122. The first-order chi connectivity index (χ1) is 14.8. The molecule has 3 rings (SSSR count). The molecule has 8 nitrogen and oxygen atoms in total. The van der Waals surface area contributed by atoms with E-state index in [4.69, 9.17) is 14.6 Å². The molecule has 1 fully saturated rings. The third-order valence-corrected chi connectivity index (χ3v) is 5.28. The van der Waals surface area contributed by atoms with Crippen LogP contribution >= 0.6 is 22.6 Å². The van der Waals surface area contributed by atoms with Crippen molar-refractivity contribution >= 4 is 46.6 Å². The predicted molar refractivity (Wildman–Crippen MR) is 122 cm³/mol. The Morgan fingerprint density at radius 3 is 2.61 bits per heavy atom. The summed E-state index contributed by atoms with van der Waals surface area (Å²) in [7, 11) is 0. The molecule has 0 bridgehead atoms. The second-order valence-electron chi connectivity index (χ2n) is 6.59. The molecule has 162 valence electrons. The molecule has 0 radical (unpaired) electrons. The highest BCUT2D eigenvalue weighted by Gasteiger charge is 2.32. The van der Waals surface area contributed by atoms with E-state index >= 15 is 0 Å². The maximum atomic E-state index is 12.3. The van der Waals surface area contributed by atoms with Gasteiger partial charge >= 0.3 is 12.0 Å². The van der Waals surface area contributed by atoms with Crippen LogP contribution in [0, 0.1) is 3.57 Å². The molecule has 2 aromatic carbocycles. The zero-order valence-electron chi connectivity index (χ0n) is 17.0. The van der Waals surface area contributed by atoms with Crippen LogP contribution in [0.5, 0.6) is 11.5 Å². The summed E-state index contributed by atoms with van der Waals surface area (Å²) in [5, 5.41) is 11.7. The van der Waals surface area contributed by atoms with Gasteiger partial charge in [-0.15, -0.1) is 0 Å². The number of aromatic carboxylic acids is 1. The van der Waals surface area contributed by atoms with Gasteiger partial charge in [0.1, 0.15) is 12.3 Å². The number of amides is 3. The molecular weight excluding hydrogens is 515 g/mol. The fraction of sp³-hybridized carbons (Fsp3) is 0.227. The van der Waals surface area contributed by atoms with Crippen molar-refractivity contribution < 1.29 is 29.0 Å². The third kappa shape index (κ3) is 5.16. The van der Waals surface area contributed by atoms with E-state index in [9.17, 15) is 14.4 Å². The Labute approximate surface area is 193 Å². The highest BCUT2D eigenvalue weighted by molar-refractivity contribution is 14.1. The lowest BCUT2D eigenvalue weighted by atomic mass is 10.1. The predicted octanol–water partition coefficient (Wildman–Crippen LogP) is 3.88. The molecule has 2 N–H and O–H groups in total. The Bertz CT molecular complexity index is 1070. The van der Waals surface area contributed by atoms with Crippen molar-refractivity contribution in [3.05, 3.63) is 62.4 Å². The van der Waals surface area contributed by atoms with Crippen LogP contribution in [0.15, 0.2) is 42.1 Å². The van der Waals surface area contributed by atoms with Gasteiger partial charge in [-0.1, -0.05) is 12.1 Å². The molecule has 9 heteroatoms. The van der Waals surface area contributed by atoms with Crippen LogP contribution in [-0.2, 0) is 11.4 Å². The average molecular weight is 536 g/mol. The Morgan fingerprint density at radius 2 is 1.97 bits per heavy atom. The second kappa shape index (κ2) is 9.82. The molecule has 31 heavy (non-hydrogen) atoms. The largest absolute Gasteiger partial charge is 0.490 e. The molecule has 0 saturated carbocycles. The van der Waals surface area contributed by atoms with E-state index in [1.165, 1.54) is 6.07 Å². The van der Waals surface area contributed by atoms with Crippen LogP contribution in [-0.4, -0.2) is 41.1 Å². The summed E-state index contributed by atoms with van der Waals surface area (Å²) >= 11 is 2.11. The number of hydrogen-bond donors (Lipinski definition) is 2. The summed E-state index contributed by atoms with van der Waals surface area (Å²) in [5.41, 5.74) is 1.77. The van der Waals surface area contributed by atoms with Crippen LogP contribution < -0.4 is 14.8 Å². The van der Waals surface area contributed by atoms with Gasteiger partial charge < -0.3 is 19.9 Å². The lowest BCUT2D eigenvalue weighted by Crippen LogP contribution is -2.30. The molecule has 0 atom stereocenters. The maximum absolute atomic E-state index is 12.3. The molecule has 0 aromatic heterocycles. The zero-order chi connectivity index (χ0) is 22.5. The van der Waals surface area contributed by atoms with Gasteiger partial charge in [-0.25, -0.2) is 9.59 Å². The van der Waals surface area contributed by atoms with Crippen LogP contribution in [0.3, 0.4) is 0 Å². The summed E-state index contributed by atoms with van der Waals surface area (Å²) in [4.78, 5) is 36.5. The number of nitrogens with one attached hydrogen (secondary N) is 1. The fourth-order valence-corrected chi connectivity index (χ4v) is 3.83. The SMILES string of the molecule is CCOc1cc(C=C2NC(=O)N(CC)C2=O)cc(I)c1OCc1cccc(C(=O)O)c1. The first-order valence-electron chi connectivity index (χ1n) is 9.60. The number of nitrogens with zero attached hydrogens (tertiary/aromatic N) is 1. The zero-order valence-corrected chi connectivity index (χ0v) is 19.1. The van der Waals surface area contributed by atoms with Crippen LogP contribution in [0.25, 0.3) is 6.08 Å². The number of carboxylic acid groups (broad SMARTS) is 1. The minimum Gasteiger partial charge on any atom is -0.490 e. The number of rotatable bonds is 8. The number of imide groups is 1. The number of carbonyl (C=O) groups is 3. The average Bonchev–Trinajstić information content (AvgIpc) is 3.00. The number of hydrogen-bond acceptors (Lipinski definition) is 5. The Hall–Kier alpha value is -3.08. The van der Waals surface area contributed by atoms with Gasteiger partial charge in [0, 0.05) is 6.54 Å². The summed E-state index contributed by atoms with van der Waals surface area (Å²) in [6, 6.07) is 9.63. The minimum absolute atomic E-state index is 0.164. The van der Waals surface area contributed by atoms with E-state index < -0.39 is 12.0 Å². The van der Waals surface area contributed by atoms with Crippen molar-refractivity contribution in [1.82, 2.24) is 10.2 Å². The van der Waals surface area contributed by atoms with Crippen molar-refractivity contribution in [2.24, 2.45) is 0 Å². The van der Waals surface area contributed by atoms with Crippen molar-refractivity contribution in [1.29, 1.82) is 0 Å². The molecule has 3 amide bonds. The van der Waals surface area contributed by atoms with Crippen LogP contribution in [0.2, 0.25) is 0 Å². The van der Waals surface area contributed by atoms with E-state index in [1.54, 1.807) is 37.3 Å². The molecular formula is C22H21IN2O6. The van der Waals surface area contributed by atoms with E-state index in [1.807, 2.05) is 13.0 Å². The monoisotopic (exact) mass is 536 g/mol. The van der Waals surface area contributed by atoms with E-state index in [2.05, 4.69) is 27.9 Å². The normalized spacial score (nSPS) is 14.7. The van der Waals surface area contributed by atoms with E-state index in [-0.39, 0.29) is 23.8 Å². The molecule has 1 aliphatic rings. The van der Waals surface area contributed by atoms with Gasteiger partial charge in [0.25, 0.3) is 5.91 Å². The summed E-state index contributed by atoms with van der Waals surface area (Å²) in [5.74, 6) is -0.375. The van der Waals surface area contributed by atoms with Gasteiger partial charge in [-0.05, 0) is 77.9 Å². The first kappa shape index (κ1) is 22.6. The van der Waals surface area contributed by atoms with Crippen LogP contribution in [0.4, 0.5) is 4.79 Å². The lowest BCUT2D eigenvalue weighted by Gasteiger charge is -2.15. The smallest absolute Gasteiger partial charge is 0.335 e. The second-order valence-corrected chi connectivity index (χ2v) is 7.76. The number of halogens is 1. The summed E-state index contributed by atoms with van der Waals surface area (Å²) < 4.78 is 12.4. The van der Waals surface area contributed by atoms with Crippen molar-refractivity contribution in [2.75, 3.05) is 13.2 Å². The van der Waals surface area contributed by atoms with Gasteiger partial charge in [0.2, 0.25) is 0 Å². The van der Waals surface area contributed by atoms with E-state index in [0.29, 0.717) is 35.8 Å². The maximum Gasteiger partial charge on any atom is 0.335 e. The highest BCUT2D eigenvalue weighted by atomic mass is 127. The van der Waals surface area contributed by atoms with Crippen LogP contribution in [0.1, 0.15) is 35.3 Å². The fourth-order valence-electron chi connectivity index (χ4n) is 3.05. The number of benzene rings is 2. The number of urea groups is 1. The molecule has 0 aliphatic carbocycles. The summed E-state index contributed by atoms with van der Waals surface area (Å²) in [6.45, 7) is 4.43. The molecule has 0 spiro atoms. The van der Waals surface area contributed by atoms with Gasteiger partial charge in [0.15, 0.2) is 11.5 Å². The van der Waals surface area contributed by atoms with E-state index in [0.717, 1.165) is 8.47 Å². The van der Waals surface area contributed by atoms with Crippen molar-refractivity contribution in [3.8, 4) is 11.5 Å². The topological polar surface area (TPSA) is 105 Å². The quantitative estimate of drug-likeness (QED) is 0.302. The van der Waals surface area contributed by atoms with Crippen molar-refractivity contribution in [2.45, 2.75) is 20.5 Å². The highest BCUT2D eigenvalue weighted by Crippen LogP contribution is 2.35. The standard InChI is InChI=1S/C22H21IN2O6/c1-3-25-20(26)17(24-22(25)29)10-14-9-16(23)19(18(11-14)30-4-2)31-12-13-6-5-7-15(8-13)21(27)28/h5-11H,3-4,12H2,1-2H3,(H,24,29)(H,27,28). The summed E-state index contributed by atoms with van der Waals surface area (Å²) in [6.07, 6.45) is 1.60. The first-order valence-corrected chi connectivity index (χ1v) is 10.7. The van der Waals surface area contributed by atoms with Gasteiger partial charge in [-0.3, -0.25) is 9.69 Å². The third-order valence-electron chi connectivity index (χ3n) is 4.48. The molecule has 2 aromatic rings. The molecule has 0 unspecified atom stereocenters. The molecule has 1 heterocycles. The van der Waals surface area contributed by atoms with Gasteiger partial charge in [-0.2, -0.15) is 0 Å². The number of ether oxygens (including phenoxy) is 2. The Balaban J connectivity index is 1.86. The minimum atomic E-state index is -1.00. The Morgan fingerprint density at radius 1 is 1.19 bits per heavy atom. The Kier molecular flexibility index (Phi) is 7.16. The number of likely N-dealkylation sites (N-methyl/N-ethyl adjacent to an activating group) is 1. The van der Waals surface area contributed by atoms with Crippen molar-refractivity contribution in [3.63, 3.8) is 0 Å².